The predicted molar refractivity (Wildman–Crippen MR) is 78.6 cm³/mol. The molecular weight excluding hydrogens is 289 g/mol. The van der Waals surface area contributed by atoms with Crippen molar-refractivity contribution in [2.75, 3.05) is 11.9 Å². The van der Waals surface area contributed by atoms with Crippen LogP contribution in [0.5, 0.6) is 0 Å². The normalized spacial score (nSPS) is 17.9. The van der Waals surface area contributed by atoms with Gasteiger partial charge in [-0.2, -0.15) is 0 Å². The number of rotatable bonds is 4. The Bertz CT molecular complexity index is 630. The van der Waals surface area contributed by atoms with E-state index in [1.807, 2.05) is 13.8 Å². The van der Waals surface area contributed by atoms with Crippen molar-refractivity contribution in [1.29, 1.82) is 0 Å². The molecule has 1 aliphatic heterocycles. The fraction of sp³-hybridized carbons (Fsp3) is 0.400. The highest BCUT2D eigenvalue weighted by Gasteiger charge is 2.40. The van der Waals surface area contributed by atoms with E-state index in [1.54, 1.807) is 6.92 Å². The lowest BCUT2D eigenvalue weighted by molar-refractivity contribution is -0.131. The number of carbonyl (C=O) groups is 3. The van der Waals surface area contributed by atoms with Gasteiger partial charge >= 0.3 is 6.03 Å². The molecule has 2 rings (SSSR count). The number of aryl methyl sites for hydroxylation is 1. The maximum atomic E-state index is 13.2. The van der Waals surface area contributed by atoms with Gasteiger partial charge < -0.3 is 10.6 Å². The van der Waals surface area contributed by atoms with E-state index in [1.165, 1.54) is 18.2 Å². The summed E-state index contributed by atoms with van der Waals surface area (Å²) < 4.78 is 13.2. The van der Waals surface area contributed by atoms with E-state index in [2.05, 4.69) is 10.6 Å². The molecule has 1 aromatic carbocycles. The van der Waals surface area contributed by atoms with Crippen LogP contribution < -0.4 is 10.6 Å². The van der Waals surface area contributed by atoms with Crippen molar-refractivity contribution in [3.8, 4) is 0 Å². The molecule has 1 heterocycles. The minimum absolute atomic E-state index is 0.0602. The Hall–Kier alpha value is -2.44. The zero-order valence-electron chi connectivity index (χ0n) is 12.6. The number of anilines is 1. The van der Waals surface area contributed by atoms with Gasteiger partial charge in [0.25, 0.3) is 5.91 Å². The first kappa shape index (κ1) is 15.9. The van der Waals surface area contributed by atoms with Gasteiger partial charge in [-0.3, -0.25) is 14.5 Å². The van der Waals surface area contributed by atoms with Gasteiger partial charge in [-0.25, -0.2) is 9.18 Å². The quantitative estimate of drug-likeness (QED) is 0.830. The Balaban J connectivity index is 2.05. The molecule has 1 saturated heterocycles. The fourth-order valence-electron chi connectivity index (χ4n) is 2.20. The van der Waals surface area contributed by atoms with Crippen LogP contribution in [0.25, 0.3) is 0 Å². The largest absolute Gasteiger partial charge is 0.326 e. The van der Waals surface area contributed by atoms with E-state index in [-0.39, 0.29) is 5.92 Å². The Morgan fingerprint density at radius 3 is 2.68 bits per heavy atom. The molecule has 0 aliphatic carbocycles. The van der Waals surface area contributed by atoms with Gasteiger partial charge in [-0.1, -0.05) is 19.9 Å². The highest BCUT2D eigenvalue weighted by atomic mass is 19.1. The topological polar surface area (TPSA) is 78.5 Å². The summed E-state index contributed by atoms with van der Waals surface area (Å²) in [6.07, 6.45) is 0. The van der Waals surface area contributed by atoms with E-state index >= 15 is 0 Å². The third-order valence-electron chi connectivity index (χ3n) is 3.50. The summed E-state index contributed by atoms with van der Waals surface area (Å²) in [5.41, 5.74) is 1.00. The first-order valence-corrected chi connectivity index (χ1v) is 6.97. The molecule has 2 N–H and O–H groups in total. The fourth-order valence-corrected chi connectivity index (χ4v) is 2.20. The van der Waals surface area contributed by atoms with E-state index in [0.717, 1.165) is 4.90 Å². The third-order valence-corrected chi connectivity index (χ3v) is 3.50. The number of benzene rings is 1. The van der Waals surface area contributed by atoms with E-state index in [0.29, 0.717) is 11.3 Å². The second kappa shape index (κ2) is 6.13. The number of urea groups is 1. The van der Waals surface area contributed by atoms with Gasteiger partial charge in [-0.05, 0) is 30.5 Å². The first-order chi connectivity index (χ1) is 10.3. The standard InChI is InChI=1S/C15H18FN3O3/c1-8(2)13-14(21)19(15(22)18-13)7-12(20)17-11-6-10(16)5-4-9(11)3/h4-6,8,13H,7H2,1-3H3,(H,17,20)(H,18,22)/t13-/m0/s1. The highest BCUT2D eigenvalue weighted by Crippen LogP contribution is 2.17. The molecule has 0 aromatic heterocycles. The Morgan fingerprint density at radius 1 is 1.41 bits per heavy atom. The molecule has 22 heavy (non-hydrogen) atoms. The van der Waals surface area contributed by atoms with Crippen LogP contribution in [-0.2, 0) is 9.59 Å². The maximum absolute atomic E-state index is 13.2. The Labute approximate surface area is 127 Å². The van der Waals surface area contributed by atoms with E-state index in [9.17, 15) is 18.8 Å². The van der Waals surface area contributed by atoms with Crippen LogP contribution in [0, 0.1) is 18.7 Å². The lowest BCUT2D eigenvalue weighted by Crippen LogP contribution is -2.39. The van der Waals surface area contributed by atoms with Gasteiger partial charge in [-0.15, -0.1) is 0 Å². The van der Waals surface area contributed by atoms with Crippen molar-refractivity contribution >= 4 is 23.5 Å². The molecule has 1 aromatic rings. The van der Waals surface area contributed by atoms with Gasteiger partial charge in [0.05, 0.1) is 0 Å². The van der Waals surface area contributed by atoms with Gasteiger partial charge in [0, 0.05) is 5.69 Å². The number of hydrogen-bond donors (Lipinski definition) is 2. The Kier molecular flexibility index (Phi) is 4.44. The number of imide groups is 1. The molecule has 0 unspecified atom stereocenters. The number of nitrogens with one attached hydrogen (secondary N) is 2. The lowest BCUT2D eigenvalue weighted by Gasteiger charge is -2.15. The average Bonchev–Trinajstić information content (AvgIpc) is 2.71. The Morgan fingerprint density at radius 2 is 2.09 bits per heavy atom. The molecule has 4 amide bonds. The summed E-state index contributed by atoms with van der Waals surface area (Å²) >= 11 is 0. The van der Waals surface area contributed by atoms with Gasteiger partial charge in [0.1, 0.15) is 18.4 Å². The van der Waals surface area contributed by atoms with E-state index < -0.39 is 36.2 Å². The van der Waals surface area contributed by atoms with Gasteiger partial charge in [0.15, 0.2) is 0 Å². The van der Waals surface area contributed by atoms with Crippen LogP contribution in [0.15, 0.2) is 18.2 Å². The maximum Gasteiger partial charge on any atom is 0.325 e. The zero-order chi connectivity index (χ0) is 16.4. The van der Waals surface area contributed by atoms with Crippen LogP contribution in [0.4, 0.5) is 14.9 Å². The molecule has 0 radical (unpaired) electrons. The van der Waals surface area contributed by atoms with Crippen LogP contribution >= 0.6 is 0 Å². The minimum atomic E-state index is -0.615. The number of carbonyl (C=O) groups excluding carboxylic acids is 3. The minimum Gasteiger partial charge on any atom is -0.326 e. The summed E-state index contributed by atoms with van der Waals surface area (Å²) in [5, 5.41) is 5.05. The van der Waals surface area contributed by atoms with Crippen LogP contribution in [0.1, 0.15) is 19.4 Å². The summed E-state index contributed by atoms with van der Waals surface area (Å²) in [5.74, 6) is -1.52. The molecule has 7 heteroatoms. The summed E-state index contributed by atoms with van der Waals surface area (Å²) in [6.45, 7) is 4.94. The van der Waals surface area contributed by atoms with Crippen molar-refractivity contribution < 1.29 is 18.8 Å². The van der Waals surface area contributed by atoms with Crippen LogP contribution in [-0.4, -0.2) is 35.3 Å². The SMILES string of the molecule is Cc1ccc(F)cc1NC(=O)CN1C(=O)N[C@@H](C(C)C)C1=O. The molecular formula is C15H18FN3O3. The second-order valence-electron chi connectivity index (χ2n) is 5.60. The molecule has 1 aliphatic rings. The molecule has 0 saturated carbocycles. The van der Waals surface area contributed by atoms with Crippen molar-refractivity contribution in [1.82, 2.24) is 10.2 Å². The second-order valence-corrected chi connectivity index (χ2v) is 5.60. The van der Waals surface area contributed by atoms with Crippen molar-refractivity contribution in [3.05, 3.63) is 29.6 Å². The number of halogens is 1. The summed E-state index contributed by atoms with van der Waals surface area (Å²) in [6, 6.07) is 2.81. The number of hydrogen-bond acceptors (Lipinski definition) is 3. The summed E-state index contributed by atoms with van der Waals surface area (Å²) in [4.78, 5) is 36.7. The van der Waals surface area contributed by atoms with E-state index in [4.69, 9.17) is 0 Å². The smallest absolute Gasteiger partial charge is 0.325 e. The lowest BCUT2D eigenvalue weighted by atomic mass is 10.1. The number of amides is 4. The van der Waals surface area contributed by atoms with Gasteiger partial charge in [0.2, 0.25) is 5.91 Å². The van der Waals surface area contributed by atoms with Crippen molar-refractivity contribution in [2.45, 2.75) is 26.8 Å². The third kappa shape index (κ3) is 3.24. The first-order valence-electron chi connectivity index (χ1n) is 6.97. The molecule has 118 valence electrons. The molecule has 1 fully saturated rings. The zero-order valence-corrected chi connectivity index (χ0v) is 12.6. The van der Waals surface area contributed by atoms with Crippen molar-refractivity contribution in [3.63, 3.8) is 0 Å². The molecule has 1 atom stereocenters. The molecule has 6 nitrogen and oxygen atoms in total. The highest BCUT2D eigenvalue weighted by molar-refractivity contribution is 6.08. The van der Waals surface area contributed by atoms with Crippen LogP contribution in [0.2, 0.25) is 0 Å². The summed E-state index contributed by atoms with van der Waals surface area (Å²) in [7, 11) is 0. The predicted octanol–water partition coefficient (Wildman–Crippen LogP) is 1.65. The molecule has 0 bridgehead atoms. The molecule has 0 spiro atoms. The van der Waals surface area contributed by atoms with Crippen LogP contribution in [0.3, 0.4) is 0 Å². The number of nitrogens with zero attached hydrogens (tertiary/aromatic N) is 1. The average molecular weight is 307 g/mol. The monoisotopic (exact) mass is 307 g/mol. The van der Waals surface area contributed by atoms with Crippen molar-refractivity contribution in [2.24, 2.45) is 5.92 Å².